The number of rotatable bonds is 5. The van der Waals surface area contributed by atoms with E-state index in [9.17, 15) is 14.4 Å². The zero-order valence-corrected chi connectivity index (χ0v) is 17.2. The first-order valence-corrected chi connectivity index (χ1v) is 10.3. The number of anilines is 2. The van der Waals surface area contributed by atoms with Crippen LogP contribution in [0.4, 0.5) is 11.4 Å². The van der Waals surface area contributed by atoms with E-state index >= 15 is 0 Å². The molecule has 2 aliphatic rings. The summed E-state index contributed by atoms with van der Waals surface area (Å²) in [6.45, 7) is 1.98. The summed E-state index contributed by atoms with van der Waals surface area (Å²) in [5.74, 6) is -1.56. The molecule has 8 nitrogen and oxygen atoms in total. The van der Waals surface area contributed by atoms with Crippen LogP contribution < -0.4 is 9.96 Å². The van der Waals surface area contributed by atoms with Crippen LogP contribution >= 0.6 is 0 Å². The van der Waals surface area contributed by atoms with Gasteiger partial charge < -0.3 is 9.15 Å². The molecule has 5 rings (SSSR count). The molecule has 1 aromatic heterocycles. The minimum Gasteiger partial charge on any atom is -0.467 e. The van der Waals surface area contributed by atoms with Crippen molar-refractivity contribution < 1.29 is 28.4 Å². The Morgan fingerprint density at radius 2 is 1.69 bits per heavy atom. The smallest absolute Gasteiger partial charge is 0.338 e. The summed E-state index contributed by atoms with van der Waals surface area (Å²) in [5.41, 5.74) is 1.43. The van der Waals surface area contributed by atoms with E-state index in [1.54, 1.807) is 36.3 Å². The Balaban J connectivity index is 1.48. The lowest BCUT2D eigenvalue weighted by atomic mass is 9.94. The van der Waals surface area contributed by atoms with Gasteiger partial charge in [0.1, 0.15) is 17.7 Å². The van der Waals surface area contributed by atoms with Gasteiger partial charge in [0.15, 0.2) is 6.10 Å². The van der Waals surface area contributed by atoms with Gasteiger partial charge in [-0.1, -0.05) is 18.2 Å². The van der Waals surface area contributed by atoms with E-state index in [-0.39, 0.29) is 12.5 Å². The van der Waals surface area contributed by atoms with Gasteiger partial charge in [-0.2, -0.15) is 0 Å². The number of ether oxygens (including phenoxy) is 1. The van der Waals surface area contributed by atoms with Crippen molar-refractivity contribution in [1.82, 2.24) is 0 Å². The number of imide groups is 1. The van der Waals surface area contributed by atoms with Crippen molar-refractivity contribution in [2.45, 2.75) is 19.1 Å². The topological polar surface area (TPSA) is 89.3 Å². The summed E-state index contributed by atoms with van der Waals surface area (Å²) < 4.78 is 10.6. The Hall–Kier alpha value is -3.91. The predicted octanol–water partition coefficient (Wildman–Crippen LogP) is 3.51. The number of para-hydroxylation sites is 1. The van der Waals surface area contributed by atoms with Crippen molar-refractivity contribution in [2.75, 3.05) is 16.6 Å². The Kier molecular flexibility index (Phi) is 4.99. The molecule has 32 heavy (non-hydrogen) atoms. The molecule has 2 fully saturated rings. The van der Waals surface area contributed by atoms with E-state index < -0.39 is 29.9 Å². The van der Waals surface area contributed by atoms with Crippen LogP contribution in [0.2, 0.25) is 0 Å². The lowest BCUT2D eigenvalue weighted by Gasteiger charge is -2.27. The Bertz CT molecular complexity index is 1140. The van der Waals surface area contributed by atoms with Crippen molar-refractivity contribution in [3.8, 4) is 0 Å². The standard InChI is InChI=1S/C24H20N2O6/c1-2-30-24(29)15-10-12-16(13-11-15)25-22(27)19-20(18-9-6-14-31-18)26(32-21(19)23(25)28)17-7-4-3-5-8-17/h3-14,19-21H,2H2,1H3/t19-,20+,21+/m1/s1. The second kappa shape index (κ2) is 7.97. The van der Waals surface area contributed by atoms with E-state index in [1.807, 2.05) is 30.3 Å². The van der Waals surface area contributed by atoms with E-state index in [0.29, 0.717) is 22.7 Å². The van der Waals surface area contributed by atoms with Gasteiger partial charge in [-0.3, -0.25) is 14.4 Å². The number of esters is 1. The van der Waals surface area contributed by atoms with Gasteiger partial charge in [-0.25, -0.2) is 14.8 Å². The number of carbonyl (C=O) groups excluding carboxylic acids is 3. The molecule has 3 atom stereocenters. The van der Waals surface area contributed by atoms with Gasteiger partial charge in [-0.05, 0) is 55.5 Å². The van der Waals surface area contributed by atoms with Crippen LogP contribution in [0.5, 0.6) is 0 Å². The molecule has 0 spiro atoms. The van der Waals surface area contributed by atoms with Gasteiger partial charge in [0.05, 0.1) is 29.8 Å². The number of carbonyl (C=O) groups is 3. The molecule has 0 bridgehead atoms. The monoisotopic (exact) mass is 432 g/mol. The molecule has 0 radical (unpaired) electrons. The number of hydroxylamine groups is 1. The summed E-state index contributed by atoms with van der Waals surface area (Å²) in [4.78, 5) is 45.8. The number of nitrogens with zero attached hydrogens (tertiary/aromatic N) is 2. The normalized spacial score (nSPS) is 22.3. The molecule has 0 unspecified atom stereocenters. The van der Waals surface area contributed by atoms with Gasteiger partial charge >= 0.3 is 5.97 Å². The van der Waals surface area contributed by atoms with E-state index in [0.717, 1.165) is 4.90 Å². The third-order valence-corrected chi connectivity index (χ3v) is 5.60. The molecule has 162 valence electrons. The Morgan fingerprint density at radius 1 is 0.938 bits per heavy atom. The van der Waals surface area contributed by atoms with E-state index in [1.165, 1.54) is 18.4 Å². The first-order valence-electron chi connectivity index (χ1n) is 10.3. The summed E-state index contributed by atoms with van der Waals surface area (Å²) >= 11 is 0. The largest absolute Gasteiger partial charge is 0.467 e. The van der Waals surface area contributed by atoms with Crippen molar-refractivity contribution in [1.29, 1.82) is 0 Å². The molecule has 0 saturated carbocycles. The maximum absolute atomic E-state index is 13.5. The lowest BCUT2D eigenvalue weighted by Crippen LogP contribution is -2.37. The first-order chi connectivity index (χ1) is 15.6. The zero-order chi connectivity index (χ0) is 22.2. The van der Waals surface area contributed by atoms with Crippen molar-refractivity contribution in [2.24, 2.45) is 5.92 Å². The van der Waals surface area contributed by atoms with Crippen LogP contribution in [0.3, 0.4) is 0 Å². The van der Waals surface area contributed by atoms with Crippen molar-refractivity contribution >= 4 is 29.2 Å². The highest BCUT2D eigenvalue weighted by atomic mass is 16.7. The molecule has 3 heterocycles. The average Bonchev–Trinajstić information content (AvgIpc) is 3.52. The Morgan fingerprint density at radius 3 is 2.34 bits per heavy atom. The van der Waals surface area contributed by atoms with Crippen LogP contribution in [0.15, 0.2) is 77.4 Å². The molecular formula is C24H20N2O6. The average molecular weight is 432 g/mol. The quantitative estimate of drug-likeness (QED) is 0.450. The van der Waals surface area contributed by atoms with Crippen LogP contribution in [-0.2, 0) is 19.2 Å². The third kappa shape index (κ3) is 3.16. The molecule has 0 aliphatic carbocycles. The first kappa shape index (κ1) is 20.0. The number of fused-ring (bicyclic) bond motifs is 1. The number of hydrogen-bond donors (Lipinski definition) is 0. The molecule has 2 saturated heterocycles. The highest BCUT2D eigenvalue weighted by Crippen LogP contribution is 2.47. The highest BCUT2D eigenvalue weighted by molar-refractivity contribution is 6.24. The minimum absolute atomic E-state index is 0.260. The summed E-state index contributed by atoms with van der Waals surface area (Å²) in [7, 11) is 0. The molecule has 0 N–H and O–H groups in total. The summed E-state index contributed by atoms with van der Waals surface area (Å²) in [6, 6.07) is 18.3. The maximum Gasteiger partial charge on any atom is 0.338 e. The molecule has 8 heteroatoms. The third-order valence-electron chi connectivity index (χ3n) is 5.60. The van der Waals surface area contributed by atoms with Gasteiger partial charge in [0, 0.05) is 0 Å². The number of hydrogen-bond acceptors (Lipinski definition) is 7. The molecule has 2 aliphatic heterocycles. The fourth-order valence-electron chi connectivity index (χ4n) is 4.18. The number of furan rings is 1. The van der Waals surface area contributed by atoms with Crippen LogP contribution in [-0.4, -0.2) is 30.5 Å². The molecule has 2 amide bonds. The van der Waals surface area contributed by atoms with Crippen molar-refractivity contribution in [3.05, 3.63) is 84.3 Å². The van der Waals surface area contributed by atoms with Gasteiger partial charge in [0.2, 0.25) is 5.91 Å². The Labute approximate surface area is 183 Å². The SMILES string of the molecule is CCOC(=O)c1ccc(N2C(=O)[C@H]3[C@H](ON(c4ccccc4)[C@H]3c3ccco3)C2=O)cc1. The number of benzene rings is 2. The van der Waals surface area contributed by atoms with E-state index in [4.69, 9.17) is 14.0 Å². The molecule has 3 aromatic rings. The van der Waals surface area contributed by atoms with E-state index in [2.05, 4.69) is 0 Å². The predicted molar refractivity (Wildman–Crippen MR) is 114 cm³/mol. The van der Waals surface area contributed by atoms with Gasteiger partial charge in [0.25, 0.3) is 5.91 Å². The molecular weight excluding hydrogens is 412 g/mol. The fraction of sp³-hybridized carbons (Fsp3) is 0.208. The second-order valence-electron chi connectivity index (χ2n) is 7.45. The van der Waals surface area contributed by atoms with Crippen molar-refractivity contribution in [3.63, 3.8) is 0 Å². The zero-order valence-electron chi connectivity index (χ0n) is 17.2. The van der Waals surface area contributed by atoms with Crippen LogP contribution in [0.25, 0.3) is 0 Å². The second-order valence-corrected chi connectivity index (χ2v) is 7.45. The van der Waals surface area contributed by atoms with Gasteiger partial charge in [-0.15, -0.1) is 0 Å². The van der Waals surface area contributed by atoms with Crippen LogP contribution in [0.1, 0.15) is 29.1 Å². The maximum atomic E-state index is 13.5. The molecule has 2 aromatic carbocycles. The summed E-state index contributed by atoms with van der Waals surface area (Å²) in [5, 5.41) is 1.57. The minimum atomic E-state index is -0.984. The number of amides is 2. The highest BCUT2D eigenvalue weighted by Gasteiger charge is 2.61. The lowest BCUT2D eigenvalue weighted by molar-refractivity contribution is -0.126. The fourth-order valence-corrected chi connectivity index (χ4v) is 4.18. The van der Waals surface area contributed by atoms with Crippen LogP contribution in [0, 0.1) is 5.92 Å². The summed E-state index contributed by atoms with van der Waals surface area (Å²) in [6.07, 6.45) is 0.543.